The summed E-state index contributed by atoms with van der Waals surface area (Å²) in [5, 5.41) is 3.66. The molecule has 0 unspecified atom stereocenters. The molecular weight excluding hydrogens is 297 g/mol. The van der Waals surface area contributed by atoms with E-state index < -0.39 is 17.6 Å². The third kappa shape index (κ3) is 3.75. The van der Waals surface area contributed by atoms with Gasteiger partial charge in [0, 0.05) is 0 Å². The third-order valence-corrected chi connectivity index (χ3v) is 2.88. The van der Waals surface area contributed by atoms with Gasteiger partial charge in [-0.05, 0) is 37.6 Å². The Morgan fingerprint density at radius 2 is 2.00 bits per heavy atom. The van der Waals surface area contributed by atoms with Gasteiger partial charge in [0.2, 0.25) is 0 Å². The van der Waals surface area contributed by atoms with Crippen LogP contribution in [0.2, 0.25) is 0 Å². The van der Waals surface area contributed by atoms with Gasteiger partial charge in [0.05, 0.1) is 17.3 Å². The van der Waals surface area contributed by atoms with E-state index in [0.29, 0.717) is 17.1 Å². The highest BCUT2D eigenvalue weighted by Crippen LogP contribution is 2.29. The standard InChI is InChI=1S/C15H13F3N2O2/c1-9-6-13(10(2)22-9)14(21)20-19-8-11-4-3-5-12(7-11)15(16,17)18/h3-8H,1-2H3,(H,20,21)/b19-8+. The highest BCUT2D eigenvalue weighted by Gasteiger charge is 2.30. The van der Waals surface area contributed by atoms with Crippen molar-refractivity contribution in [3.05, 3.63) is 58.5 Å². The molecule has 0 atom stereocenters. The van der Waals surface area contributed by atoms with Gasteiger partial charge < -0.3 is 4.42 Å². The molecule has 0 aliphatic carbocycles. The topological polar surface area (TPSA) is 54.6 Å². The van der Waals surface area contributed by atoms with Crippen LogP contribution in [0, 0.1) is 13.8 Å². The Morgan fingerprint density at radius 1 is 1.27 bits per heavy atom. The molecule has 1 aromatic heterocycles. The van der Waals surface area contributed by atoms with Crippen molar-refractivity contribution in [2.75, 3.05) is 0 Å². The Bertz CT molecular complexity index is 718. The van der Waals surface area contributed by atoms with Crippen molar-refractivity contribution >= 4 is 12.1 Å². The SMILES string of the molecule is Cc1cc(C(=O)N/N=C/c2cccc(C(F)(F)F)c2)c(C)o1. The molecule has 0 aliphatic heterocycles. The lowest BCUT2D eigenvalue weighted by Crippen LogP contribution is -2.17. The summed E-state index contributed by atoms with van der Waals surface area (Å²) in [5.74, 6) is 0.548. The molecule has 22 heavy (non-hydrogen) atoms. The number of amides is 1. The molecule has 0 bridgehead atoms. The second-order valence-electron chi connectivity index (χ2n) is 4.65. The van der Waals surface area contributed by atoms with E-state index in [9.17, 15) is 18.0 Å². The number of hydrogen-bond donors (Lipinski definition) is 1. The van der Waals surface area contributed by atoms with Gasteiger partial charge in [0.25, 0.3) is 5.91 Å². The van der Waals surface area contributed by atoms with Crippen LogP contribution in [0.3, 0.4) is 0 Å². The fourth-order valence-electron chi connectivity index (χ4n) is 1.88. The average Bonchev–Trinajstić information content (AvgIpc) is 2.77. The van der Waals surface area contributed by atoms with E-state index in [0.717, 1.165) is 18.3 Å². The Balaban J connectivity index is 2.07. The molecule has 0 radical (unpaired) electrons. The van der Waals surface area contributed by atoms with Crippen molar-refractivity contribution < 1.29 is 22.4 Å². The lowest BCUT2D eigenvalue weighted by atomic mass is 10.1. The number of carbonyl (C=O) groups excluding carboxylic acids is 1. The molecule has 0 aliphatic rings. The first kappa shape index (κ1) is 15.8. The summed E-state index contributed by atoms with van der Waals surface area (Å²) in [5.41, 5.74) is 2.04. The van der Waals surface area contributed by atoms with Crippen LogP contribution in [0.15, 0.2) is 39.9 Å². The number of hydrogen-bond acceptors (Lipinski definition) is 3. The third-order valence-electron chi connectivity index (χ3n) is 2.88. The molecule has 1 N–H and O–H groups in total. The van der Waals surface area contributed by atoms with Crippen molar-refractivity contribution in [2.45, 2.75) is 20.0 Å². The summed E-state index contributed by atoms with van der Waals surface area (Å²) >= 11 is 0. The number of carbonyl (C=O) groups is 1. The van der Waals surface area contributed by atoms with Crippen LogP contribution >= 0.6 is 0 Å². The van der Waals surface area contributed by atoms with Crippen LogP contribution in [0.1, 0.15) is 33.0 Å². The predicted molar refractivity (Wildman–Crippen MR) is 74.7 cm³/mol. The Kier molecular flexibility index (Phi) is 4.35. The summed E-state index contributed by atoms with van der Waals surface area (Å²) in [6, 6.07) is 6.20. The first-order chi connectivity index (χ1) is 10.3. The van der Waals surface area contributed by atoms with Gasteiger partial charge in [-0.3, -0.25) is 4.79 Å². The minimum absolute atomic E-state index is 0.232. The molecule has 2 rings (SSSR count). The lowest BCUT2D eigenvalue weighted by Gasteiger charge is -2.06. The second-order valence-corrected chi connectivity index (χ2v) is 4.65. The number of rotatable bonds is 3. The molecule has 0 fully saturated rings. The Morgan fingerprint density at radius 3 is 2.59 bits per heavy atom. The highest BCUT2D eigenvalue weighted by atomic mass is 19.4. The van der Waals surface area contributed by atoms with Gasteiger partial charge in [-0.15, -0.1) is 0 Å². The Hall–Kier alpha value is -2.57. The van der Waals surface area contributed by atoms with Gasteiger partial charge in [0.1, 0.15) is 11.5 Å². The number of benzene rings is 1. The maximum absolute atomic E-state index is 12.6. The first-order valence-electron chi connectivity index (χ1n) is 6.35. The number of hydrazone groups is 1. The average molecular weight is 310 g/mol. The van der Waals surface area contributed by atoms with Gasteiger partial charge in [0.15, 0.2) is 0 Å². The summed E-state index contributed by atoms with van der Waals surface area (Å²) in [6.07, 6.45) is -3.27. The zero-order valence-electron chi connectivity index (χ0n) is 11.9. The van der Waals surface area contributed by atoms with Crippen LogP contribution in [0.25, 0.3) is 0 Å². The molecule has 116 valence electrons. The monoisotopic (exact) mass is 310 g/mol. The number of halogens is 3. The number of furan rings is 1. The zero-order chi connectivity index (χ0) is 16.3. The molecular formula is C15H13F3N2O2. The maximum atomic E-state index is 12.6. The van der Waals surface area contributed by atoms with Crippen molar-refractivity contribution in [3.8, 4) is 0 Å². The first-order valence-corrected chi connectivity index (χ1v) is 6.35. The van der Waals surface area contributed by atoms with Gasteiger partial charge in [-0.1, -0.05) is 12.1 Å². The summed E-state index contributed by atoms with van der Waals surface area (Å²) in [6.45, 7) is 3.34. The second kappa shape index (κ2) is 6.05. The van der Waals surface area contributed by atoms with E-state index in [1.807, 2.05) is 0 Å². The van der Waals surface area contributed by atoms with E-state index in [2.05, 4.69) is 10.5 Å². The van der Waals surface area contributed by atoms with Crippen LogP contribution in [0.4, 0.5) is 13.2 Å². The summed E-state index contributed by atoms with van der Waals surface area (Å²) in [4.78, 5) is 11.8. The van der Waals surface area contributed by atoms with Crippen molar-refractivity contribution in [3.63, 3.8) is 0 Å². The number of aryl methyl sites for hydroxylation is 2. The fraction of sp³-hybridized carbons (Fsp3) is 0.200. The molecule has 1 amide bonds. The maximum Gasteiger partial charge on any atom is 0.416 e. The largest absolute Gasteiger partial charge is 0.466 e. The summed E-state index contributed by atoms with van der Waals surface area (Å²) < 4.78 is 42.9. The van der Waals surface area contributed by atoms with Crippen LogP contribution in [-0.4, -0.2) is 12.1 Å². The van der Waals surface area contributed by atoms with Gasteiger partial charge in [-0.2, -0.15) is 18.3 Å². The molecule has 1 heterocycles. The van der Waals surface area contributed by atoms with Gasteiger partial charge in [-0.25, -0.2) is 5.43 Å². The molecule has 0 spiro atoms. The van der Waals surface area contributed by atoms with E-state index in [-0.39, 0.29) is 5.56 Å². The zero-order valence-corrected chi connectivity index (χ0v) is 11.9. The molecule has 0 saturated heterocycles. The van der Waals surface area contributed by atoms with E-state index in [1.54, 1.807) is 19.9 Å². The minimum atomic E-state index is -4.42. The molecule has 7 heteroatoms. The van der Waals surface area contributed by atoms with Crippen LogP contribution in [-0.2, 0) is 6.18 Å². The van der Waals surface area contributed by atoms with Crippen molar-refractivity contribution in [1.29, 1.82) is 0 Å². The number of nitrogens with zero attached hydrogens (tertiary/aromatic N) is 1. The number of nitrogens with one attached hydrogen (secondary N) is 1. The van der Waals surface area contributed by atoms with Gasteiger partial charge >= 0.3 is 6.18 Å². The normalized spacial score (nSPS) is 11.9. The smallest absolute Gasteiger partial charge is 0.416 e. The van der Waals surface area contributed by atoms with Crippen LogP contribution < -0.4 is 5.43 Å². The quantitative estimate of drug-likeness (QED) is 0.694. The molecule has 2 aromatic rings. The van der Waals surface area contributed by atoms with E-state index in [4.69, 9.17) is 4.42 Å². The van der Waals surface area contributed by atoms with E-state index >= 15 is 0 Å². The van der Waals surface area contributed by atoms with Crippen molar-refractivity contribution in [1.82, 2.24) is 5.43 Å². The highest BCUT2D eigenvalue weighted by molar-refractivity contribution is 5.95. The molecule has 4 nitrogen and oxygen atoms in total. The molecule has 0 saturated carbocycles. The summed E-state index contributed by atoms with van der Waals surface area (Å²) in [7, 11) is 0. The molecule has 1 aromatic carbocycles. The Labute approximate surface area is 124 Å². The van der Waals surface area contributed by atoms with Crippen molar-refractivity contribution in [2.24, 2.45) is 5.10 Å². The van der Waals surface area contributed by atoms with Crippen LogP contribution in [0.5, 0.6) is 0 Å². The predicted octanol–water partition coefficient (Wildman–Crippen LogP) is 3.68. The fourth-order valence-corrected chi connectivity index (χ4v) is 1.88. The lowest BCUT2D eigenvalue weighted by molar-refractivity contribution is -0.137. The number of alkyl halides is 3. The van der Waals surface area contributed by atoms with E-state index in [1.165, 1.54) is 12.1 Å². The minimum Gasteiger partial charge on any atom is -0.466 e.